The first kappa shape index (κ1) is 24.5. The van der Waals surface area contributed by atoms with Crippen LogP contribution in [0.5, 0.6) is 0 Å². The summed E-state index contributed by atoms with van der Waals surface area (Å²) in [6.45, 7) is 3.03. The quantitative estimate of drug-likeness (QED) is 0.108. The van der Waals surface area contributed by atoms with E-state index in [1.165, 1.54) is 0 Å². The summed E-state index contributed by atoms with van der Waals surface area (Å²) >= 11 is 0. The van der Waals surface area contributed by atoms with Gasteiger partial charge in [-0.3, -0.25) is 0 Å². The van der Waals surface area contributed by atoms with E-state index in [0.717, 1.165) is 11.4 Å². The monoisotopic (exact) mass is 408 g/mol. The Hall–Kier alpha value is -0.520. The van der Waals surface area contributed by atoms with Gasteiger partial charge in [-0.15, -0.1) is 0 Å². The number of carbonyl (C=O) groups excluding carboxylic acids is 2. The third kappa shape index (κ3) is 16.7. The van der Waals surface area contributed by atoms with Crippen molar-refractivity contribution in [3.8, 4) is 0 Å². The molecule has 14 heteroatoms. The predicted molar refractivity (Wildman–Crippen MR) is 95.6 cm³/mol. The van der Waals surface area contributed by atoms with E-state index in [4.69, 9.17) is 29.4 Å². The minimum absolute atomic E-state index is 0.111. The van der Waals surface area contributed by atoms with Gasteiger partial charge in [-0.1, -0.05) is 6.92 Å². The predicted octanol–water partition coefficient (Wildman–Crippen LogP) is -3.62. The summed E-state index contributed by atoms with van der Waals surface area (Å²) in [5.41, 5.74) is 0. The third-order valence-corrected chi connectivity index (χ3v) is 4.53. The summed E-state index contributed by atoms with van der Waals surface area (Å²) in [4.78, 5) is 78.3. The zero-order chi connectivity index (χ0) is 19.5. The average molecular weight is 408 g/mol. The molecule has 0 spiro atoms. The first-order valence-corrected chi connectivity index (χ1v) is 11.8. The zero-order valence-corrected chi connectivity index (χ0v) is 16.1. The molecule has 0 aromatic carbocycles. The number of nitrogens with one attached hydrogen (secondary N) is 3. The van der Waals surface area contributed by atoms with Gasteiger partial charge in [0.2, 0.25) is 0 Å². The molecule has 0 radical (unpaired) electrons. The van der Waals surface area contributed by atoms with Gasteiger partial charge in [-0.25, -0.2) is 0 Å². The zero-order valence-electron chi connectivity index (χ0n) is 14.1. The first-order valence-electron chi connectivity index (χ1n) is 7.73. The number of hydrogen-bond acceptors (Lipinski definition) is 10. The Morgan fingerprint density at radius 3 is 1.76 bits per heavy atom. The van der Waals surface area contributed by atoms with Gasteiger partial charge in [0, 0.05) is 0 Å². The van der Waals surface area contributed by atoms with Crippen LogP contribution in [0.15, 0.2) is 0 Å². The maximum atomic E-state index is 11.7. The average Bonchev–Trinajstić information content (AvgIpc) is 2.40. The molecule has 0 unspecified atom stereocenters. The van der Waals surface area contributed by atoms with E-state index in [1.807, 2.05) is 6.92 Å². The molecule has 0 rings (SSSR count). The number of hydrogen-bond donors (Lipinski definition) is 9. The van der Waals surface area contributed by atoms with E-state index >= 15 is 0 Å². The Bertz CT molecular complexity index is 400. The van der Waals surface area contributed by atoms with Crippen LogP contribution in [0.3, 0.4) is 0 Å². The summed E-state index contributed by atoms with van der Waals surface area (Å²) in [7, 11) is -9.17. The van der Waals surface area contributed by atoms with E-state index in [9.17, 15) is 9.59 Å². The third-order valence-electron chi connectivity index (χ3n) is 2.79. The molecule has 0 atom stereocenters. The molecule has 25 heavy (non-hydrogen) atoms. The molecule has 0 aromatic rings. The second-order valence-electron chi connectivity index (χ2n) is 5.50. The van der Waals surface area contributed by atoms with Crippen molar-refractivity contribution in [1.29, 1.82) is 0 Å². The fraction of sp³-hybridized carbons (Fsp3) is 0.818. The molecular weight excluding hydrogens is 378 g/mol. The second kappa shape index (κ2) is 12.0. The van der Waals surface area contributed by atoms with Crippen LogP contribution in [-0.4, -0.2) is 91.4 Å². The SMILES string of the molecule is CCNCCC(=O)NCCNC(=O)CN(C[PH](O)(O)O)C[PH](O)(O)O. The molecule has 152 valence electrons. The van der Waals surface area contributed by atoms with Crippen molar-refractivity contribution in [1.82, 2.24) is 20.9 Å². The summed E-state index contributed by atoms with van der Waals surface area (Å²) in [5.74, 6) is -0.788. The molecule has 0 aliphatic carbocycles. The van der Waals surface area contributed by atoms with Gasteiger partial charge in [0.15, 0.2) is 0 Å². The van der Waals surface area contributed by atoms with Gasteiger partial charge in [0.05, 0.1) is 0 Å². The van der Waals surface area contributed by atoms with E-state index in [1.54, 1.807) is 0 Å². The molecule has 0 bridgehead atoms. The molecule has 0 fully saturated rings. The van der Waals surface area contributed by atoms with E-state index in [0.29, 0.717) is 13.0 Å². The number of rotatable bonds is 13. The van der Waals surface area contributed by atoms with Crippen molar-refractivity contribution in [2.45, 2.75) is 13.3 Å². The van der Waals surface area contributed by atoms with Crippen LogP contribution in [0.1, 0.15) is 13.3 Å². The number of carbonyl (C=O) groups is 2. The first-order chi connectivity index (χ1) is 11.4. The molecule has 0 aliphatic rings. The van der Waals surface area contributed by atoms with Gasteiger partial charge in [0.25, 0.3) is 0 Å². The summed E-state index contributed by atoms with van der Waals surface area (Å²) in [6.07, 6.45) is -1.22. The molecule has 2 amide bonds. The van der Waals surface area contributed by atoms with Gasteiger partial charge >= 0.3 is 133 Å². The van der Waals surface area contributed by atoms with Gasteiger partial charge in [-0.05, 0) is 6.54 Å². The topological polar surface area (TPSA) is 195 Å². The number of nitrogens with zero attached hydrogens (tertiary/aromatic N) is 1. The molecular formula is C11H30N4O8P2. The Morgan fingerprint density at radius 1 is 0.840 bits per heavy atom. The Balaban J connectivity index is 4.15. The van der Waals surface area contributed by atoms with Crippen LogP contribution in [0, 0.1) is 0 Å². The van der Waals surface area contributed by atoms with Crippen molar-refractivity contribution in [2.24, 2.45) is 0 Å². The molecule has 0 aliphatic heterocycles. The van der Waals surface area contributed by atoms with Gasteiger partial charge in [-0.2, -0.15) is 0 Å². The fourth-order valence-corrected chi connectivity index (χ4v) is 3.77. The molecule has 0 aromatic heterocycles. The van der Waals surface area contributed by atoms with Crippen LogP contribution < -0.4 is 16.0 Å². The Morgan fingerprint density at radius 2 is 1.32 bits per heavy atom. The number of amides is 2. The van der Waals surface area contributed by atoms with Crippen LogP contribution in [0.4, 0.5) is 0 Å². The summed E-state index contributed by atoms with van der Waals surface area (Å²) < 4.78 is 0. The second-order valence-corrected chi connectivity index (χ2v) is 9.23. The summed E-state index contributed by atoms with van der Waals surface area (Å²) in [6, 6.07) is 0. The van der Waals surface area contributed by atoms with Crippen molar-refractivity contribution in [2.75, 3.05) is 45.3 Å². The molecule has 0 saturated carbocycles. The van der Waals surface area contributed by atoms with Crippen LogP contribution in [-0.2, 0) is 9.59 Å². The Kier molecular flexibility index (Phi) is 11.7. The van der Waals surface area contributed by atoms with E-state index in [2.05, 4.69) is 16.0 Å². The van der Waals surface area contributed by atoms with E-state index in [-0.39, 0.29) is 19.0 Å². The van der Waals surface area contributed by atoms with Crippen LogP contribution in [0.25, 0.3) is 0 Å². The molecule has 0 heterocycles. The minimum atomic E-state index is -4.58. The van der Waals surface area contributed by atoms with Crippen molar-refractivity contribution < 1.29 is 38.9 Å². The van der Waals surface area contributed by atoms with Crippen molar-refractivity contribution >= 4 is 27.7 Å². The molecule has 0 saturated heterocycles. The van der Waals surface area contributed by atoms with Crippen LogP contribution >= 0.6 is 15.9 Å². The normalized spacial score (nSPS) is 13.6. The summed E-state index contributed by atoms with van der Waals surface area (Å²) in [5, 5.41) is 8.03. The van der Waals surface area contributed by atoms with E-state index < -0.39 is 40.9 Å². The fourth-order valence-electron chi connectivity index (χ4n) is 1.90. The van der Waals surface area contributed by atoms with Crippen LogP contribution in [0.2, 0.25) is 0 Å². The van der Waals surface area contributed by atoms with Gasteiger partial charge < -0.3 is 0 Å². The Labute approximate surface area is 147 Å². The molecule has 9 N–H and O–H groups in total. The maximum absolute atomic E-state index is 11.7. The van der Waals surface area contributed by atoms with Crippen molar-refractivity contribution in [3.05, 3.63) is 0 Å². The van der Waals surface area contributed by atoms with Gasteiger partial charge in [0.1, 0.15) is 0 Å². The van der Waals surface area contributed by atoms with Crippen molar-refractivity contribution in [3.63, 3.8) is 0 Å². The molecule has 12 nitrogen and oxygen atoms in total. The standard InChI is InChI=1S/C11H30N4O8P2/c1-2-12-4-3-10(16)13-5-6-14-11(17)7-15(8-24(18,19)20)9-25(21,22)23/h12,18-25H,2-9H2,1H3,(H,13,16)(H,14,17).